The molecule has 4 rings (SSSR count). The maximum Gasteiger partial charge on any atom is 0.321 e. The van der Waals surface area contributed by atoms with E-state index in [1.807, 2.05) is 37.2 Å². The van der Waals surface area contributed by atoms with E-state index in [1.54, 1.807) is 12.3 Å². The number of anilines is 2. The van der Waals surface area contributed by atoms with Crippen LogP contribution in [0.3, 0.4) is 0 Å². The molecule has 37 heavy (non-hydrogen) atoms. The molecule has 0 unspecified atom stereocenters. The summed E-state index contributed by atoms with van der Waals surface area (Å²) in [5.41, 5.74) is 2.22. The Labute approximate surface area is 217 Å². The summed E-state index contributed by atoms with van der Waals surface area (Å²) in [6, 6.07) is 11.3. The van der Waals surface area contributed by atoms with E-state index in [0.29, 0.717) is 29.3 Å². The Bertz CT molecular complexity index is 1520. The zero-order chi connectivity index (χ0) is 26.6. The van der Waals surface area contributed by atoms with Crippen LogP contribution in [0.1, 0.15) is 0 Å². The number of urea groups is 1. The maximum absolute atomic E-state index is 13.2. The van der Waals surface area contributed by atoms with Gasteiger partial charge >= 0.3 is 6.03 Å². The molecule has 4 aromatic rings. The first kappa shape index (κ1) is 26.3. The summed E-state index contributed by atoms with van der Waals surface area (Å²) in [5.74, 6) is -0.456. The van der Waals surface area contributed by atoms with Crippen LogP contribution in [0.5, 0.6) is 5.88 Å². The van der Waals surface area contributed by atoms with Gasteiger partial charge in [0.25, 0.3) is 10.0 Å². The molecule has 3 N–H and O–H groups in total. The van der Waals surface area contributed by atoms with Gasteiger partial charge in [-0.05, 0) is 62.1 Å². The molecule has 2 aromatic heterocycles. The lowest BCUT2D eigenvalue weighted by Gasteiger charge is -2.13. The SMILES string of the molecule is COc1ncc(-c2ccc3nc(NC(=O)NCCN(C)C)sc3c2)cc1NS(=O)(=O)c1ccc(F)cc1. The van der Waals surface area contributed by atoms with Crippen molar-refractivity contribution in [2.75, 3.05) is 44.3 Å². The van der Waals surface area contributed by atoms with Gasteiger partial charge in [0.1, 0.15) is 11.5 Å². The van der Waals surface area contributed by atoms with Gasteiger partial charge in [0.2, 0.25) is 5.88 Å². The summed E-state index contributed by atoms with van der Waals surface area (Å²) in [6.45, 7) is 1.22. The number of thiazole rings is 1. The monoisotopic (exact) mass is 544 g/mol. The van der Waals surface area contributed by atoms with E-state index >= 15 is 0 Å². The summed E-state index contributed by atoms with van der Waals surface area (Å²) in [7, 11) is 1.22. The number of aromatic nitrogens is 2. The Hall–Kier alpha value is -3.81. The van der Waals surface area contributed by atoms with Crippen LogP contribution in [0.15, 0.2) is 59.6 Å². The number of carbonyl (C=O) groups excluding carboxylic acids is 1. The highest BCUT2D eigenvalue weighted by Crippen LogP contribution is 2.34. The normalized spacial score (nSPS) is 11.5. The maximum atomic E-state index is 13.2. The molecule has 0 aliphatic heterocycles. The molecule has 0 aliphatic carbocycles. The molecule has 13 heteroatoms. The van der Waals surface area contributed by atoms with Gasteiger partial charge in [0.05, 0.1) is 22.2 Å². The molecule has 0 radical (unpaired) electrons. The third-order valence-electron chi connectivity index (χ3n) is 5.20. The minimum atomic E-state index is -4.01. The Morgan fingerprint density at radius 3 is 2.57 bits per heavy atom. The second-order valence-corrected chi connectivity index (χ2v) is 10.9. The lowest BCUT2D eigenvalue weighted by Crippen LogP contribution is -2.34. The van der Waals surface area contributed by atoms with E-state index in [4.69, 9.17) is 4.74 Å². The van der Waals surface area contributed by atoms with Gasteiger partial charge in [-0.3, -0.25) is 10.0 Å². The number of halogens is 1. The first-order valence-electron chi connectivity index (χ1n) is 11.1. The number of pyridine rings is 1. The number of benzene rings is 2. The Balaban J connectivity index is 1.56. The third kappa shape index (κ3) is 6.50. The molecular weight excluding hydrogens is 519 g/mol. The van der Waals surface area contributed by atoms with Gasteiger partial charge in [-0.25, -0.2) is 27.6 Å². The molecule has 0 saturated heterocycles. The second kappa shape index (κ2) is 11.1. The molecule has 2 amide bonds. The number of hydrogen-bond donors (Lipinski definition) is 3. The summed E-state index contributed by atoms with van der Waals surface area (Å²) in [4.78, 5) is 22.7. The zero-order valence-electron chi connectivity index (χ0n) is 20.3. The van der Waals surface area contributed by atoms with Gasteiger partial charge in [-0.15, -0.1) is 0 Å². The number of fused-ring (bicyclic) bond motifs is 1. The fourth-order valence-electron chi connectivity index (χ4n) is 3.36. The molecule has 0 spiro atoms. The Morgan fingerprint density at radius 1 is 1.11 bits per heavy atom. The van der Waals surface area contributed by atoms with Gasteiger partial charge in [-0.1, -0.05) is 17.4 Å². The van der Waals surface area contributed by atoms with Crippen molar-refractivity contribution in [2.45, 2.75) is 4.90 Å². The molecule has 0 atom stereocenters. The predicted octanol–water partition coefficient (Wildman–Crippen LogP) is 3.99. The number of methoxy groups -OCH3 is 1. The first-order chi connectivity index (χ1) is 17.6. The highest BCUT2D eigenvalue weighted by atomic mass is 32.2. The van der Waals surface area contributed by atoms with Crippen molar-refractivity contribution in [1.29, 1.82) is 0 Å². The van der Waals surface area contributed by atoms with Gasteiger partial charge in [-0.2, -0.15) is 0 Å². The number of nitrogens with one attached hydrogen (secondary N) is 3. The highest BCUT2D eigenvalue weighted by molar-refractivity contribution is 7.92. The van der Waals surface area contributed by atoms with Crippen LogP contribution < -0.4 is 20.1 Å². The van der Waals surface area contributed by atoms with Crippen molar-refractivity contribution >= 4 is 48.4 Å². The van der Waals surface area contributed by atoms with Crippen molar-refractivity contribution in [2.24, 2.45) is 0 Å². The molecular formula is C24H25FN6O4S2. The number of likely N-dealkylation sites (N-methyl/N-ethyl adjacent to an activating group) is 1. The summed E-state index contributed by atoms with van der Waals surface area (Å²) >= 11 is 1.31. The second-order valence-electron chi connectivity index (χ2n) is 8.23. The minimum Gasteiger partial charge on any atom is -0.480 e. The lowest BCUT2D eigenvalue weighted by molar-refractivity contribution is 0.250. The van der Waals surface area contributed by atoms with Crippen LogP contribution in [0.2, 0.25) is 0 Å². The lowest BCUT2D eigenvalue weighted by atomic mass is 10.1. The number of ether oxygens (including phenoxy) is 1. The molecule has 2 heterocycles. The van der Waals surface area contributed by atoms with E-state index in [2.05, 4.69) is 25.3 Å². The molecule has 0 saturated carbocycles. The van der Waals surface area contributed by atoms with Crippen LogP contribution in [0.25, 0.3) is 21.3 Å². The van der Waals surface area contributed by atoms with Crippen molar-refractivity contribution in [3.05, 3.63) is 60.5 Å². The number of rotatable bonds is 9. The number of sulfonamides is 1. The standard InChI is InChI=1S/C24H25FN6O4S2/c1-31(2)11-10-26-23(32)29-24-28-19-9-4-15(13-21(19)36-24)16-12-20(22(35-3)27-14-16)30-37(33,34)18-7-5-17(25)6-8-18/h4-9,12-14,30H,10-11H2,1-3H3,(H2,26,28,29,32). The van der Waals surface area contributed by atoms with Crippen LogP contribution in [0, 0.1) is 5.82 Å². The van der Waals surface area contributed by atoms with Crippen LogP contribution in [-0.2, 0) is 10.0 Å². The predicted molar refractivity (Wildman–Crippen MR) is 142 cm³/mol. The highest BCUT2D eigenvalue weighted by Gasteiger charge is 2.18. The zero-order valence-corrected chi connectivity index (χ0v) is 21.9. The smallest absolute Gasteiger partial charge is 0.321 e. The average Bonchev–Trinajstić information content (AvgIpc) is 3.25. The summed E-state index contributed by atoms with van der Waals surface area (Å²) in [5, 5.41) is 5.97. The van der Waals surface area contributed by atoms with Crippen molar-refractivity contribution < 1.29 is 22.3 Å². The first-order valence-corrected chi connectivity index (χ1v) is 13.4. The van der Waals surface area contributed by atoms with E-state index in [-0.39, 0.29) is 22.5 Å². The molecule has 10 nitrogen and oxygen atoms in total. The molecule has 0 bridgehead atoms. The van der Waals surface area contributed by atoms with Crippen molar-refractivity contribution in [3.63, 3.8) is 0 Å². The quantitative estimate of drug-likeness (QED) is 0.291. The van der Waals surface area contributed by atoms with Crippen molar-refractivity contribution in [3.8, 4) is 17.0 Å². The number of carbonyl (C=O) groups is 1. The van der Waals surface area contributed by atoms with Gasteiger partial charge < -0.3 is 15.0 Å². The summed E-state index contributed by atoms with van der Waals surface area (Å²) in [6.07, 6.45) is 1.56. The number of nitrogens with zero attached hydrogens (tertiary/aromatic N) is 3. The molecule has 0 aliphatic rings. The molecule has 194 valence electrons. The van der Waals surface area contributed by atoms with Gasteiger partial charge in [0, 0.05) is 24.8 Å². The van der Waals surface area contributed by atoms with E-state index < -0.39 is 15.8 Å². The van der Waals surface area contributed by atoms with E-state index in [9.17, 15) is 17.6 Å². The topological polar surface area (TPSA) is 126 Å². The fourth-order valence-corrected chi connectivity index (χ4v) is 5.30. The van der Waals surface area contributed by atoms with E-state index in [1.165, 1.54) is 30.6 Å². The van der Waals surface area contributed by atoms with Crippen molar-refractivity contribution in [1.82, 2.24) is 20.2 Å². The Kier molecular flexibility index (Phi) is 7.86. The number of amides is 2. The third-order valence-corrected chi connectivity index (χ3v) is 7.51. The summed E-state index contributed by atoms with van der Waals surface area (Å²) < 4.78 is 47.4. The minimum absolute atomic E-state index is 0.0834. The average molecular weight is 545 g/mol. The molecule has 0 fully saturated rings. The number of hydrogen-bond acceptors (Lipinski definition) is 8. The van der Waals surface area contributed by atoms with Crippen LogP contribution >= 0.6 is 11.3 Å². The van der Waals surface area contributed by atoms with Gasteiger partial charge in [0.15, 0.2) is 5.13 Å². The Morgan fingerprint density at radius 2 is 1.86 bits per heavy atom. The largest absolute Gasteiger partial charge is 0.480 e. The van der Waals surface area contributed by atoms with Crippen LogP contribution in [0.4, 0.5) is 20.0 Å². The fraction of sp³-hybridized carbons (Fsp3) is 0.208. The van der Waals surface area contributed by atoms with E-state index in [0.717, 1.165) is 22.4 Å². The molecule has 2 aromatic carbocycles. The van der Waals surface area contributed by atoms with Crippen LogP contribution in [-0.4, -0.2) is 63.6 Å².